The number of aromatic nitrogens is 1. The van der Waals surface area contributed by atoms with Crippen LogP contribution >= 0.6 is 0 Å². The van der Waals surface area contributed by atoms with E-state index in [1.807, 2.05) is 30.3 Å². The van der Waals surface area contributed by atoms with Gasteiger partial charge in [0.05, 0.1) is 17.6 Å². The molecule has 1 aliphatic heterocycles. The molecule has 1 N–H and O–H groups in total. The van der Waals surface area contributed by atoms with Crippen LogP contribution < -0.4 is 5.32 Å². The number of hydrogen-bond donors (Lipinski definition) is 1. The monoisotopic (exact) mass is 451 g/mol. The molecule has 4 rings (SSSR count). The van der Waals surface area contributed by atoms with Gasteiger partial charge in [0, 0.05) is 19.0 Å². The van der Waals surface area contributed by atoms with Crippen molar-refractivity contribution in [3.05, 3.63) is 89.6 Å². The van der Waals surface area contributed by atoms with Gasteiger partial charge >= 0.3 is 11.7 Å². The molecule has 8 heteroatoms. The Bertz CT molecular complexity index is 1240. The van der Waals surface area contributed by atoms with E-state index in [1.165, 1.54) is 6.92 Å². The summed E-state index contributed by atoms with van der Waals surface area (Å²) in [6.45, 7) is 4.85. The fourth-order valence-corrected chi connectivity index (χ4v) is 3.58. The first-order valence-electron chi connectivity index (χ1n) is 10.3. The van der Waals surface area contributed by atoms with Crippen molar-refractivity contribution in [1.82, 2.24) is 10.3 Å². The van der Waals surface area contributed by atoms with Crippen molar-refractivity contribution in [2.75, 3.05) is 7.11 Å². The number of halogens is 2. The van der Waals surface area contributed by atoms with Crippen LogP contribution in [0.4, 0.5) is 8.78 Å². The third-order valence-electron chi connectivity index (χ3n) is 5.62. The van der Waals surface area contributed by atoms with Gasteiger partial charge in [-0.2, -0.15) is 8.78 Å². The van der Waals surface area contributed by atoms with E-state index in [1.54, 1.807) is 30.3 Å². The Balaban J connectivity index is 1.40. The summed E-state index contributed by atoms with van der Waals surface area (Å²) in [7, 11) is 1.16. The molecule has 33 heavy (non-hydrogen) atoms. The second kappa shape index (κ2) is 8.71. The Morgan fingerprint density at radius 2 is 1.91 bits per heavy atom. The Morgan fingerprint density at radius 1 is 1.18 bits per heavy atom. The van der Waals surface area contributed by atoms with Crippen molar-refractivity contribution < 1.29 is 23.1 Å². The minimum Gasteiger partial charge on any atom is -0.352 e. The van der Waals surface area contributed by atoms with Crippen LogP contribution in [0.5, 0.6) is 0 Å². The van der Waals surface area contributed by atoms with E-state index >= 15 is 0 Å². The number of rotatable bonds is 7. The minimum absolute atomic E-state index is 0.229. The predicted octanol–water partition coefficient (Wildman–Crippen LogP) is 4.84. The van der Waals surface area contributed by atoms with Crippen LogP contribution in [0.1, 0.15) is 35.0 Å². The van der Waals surface area contributed by atoms with Crippen LogP contribution in [0.25, 0.3) is 10.9 Å². The molecule has 0 saturated heterocycles. The van der Waals surface area contributed by atoms with E-state index in [4.69, 9.17) is 9.57 Å². The first kappa shape index (κ1) is 22.5. The SMILES string of the molecule is C=C(C)C(F)(F)C1(OC)CC(c2ccc(CNC(=O)c3ccc4ccccc4n3)cc2)=NO1. The number of para-hydroxylation sites is 1. The van der Waals surface area contributed by atoms with Crippen LogP contribution in [-0.4, -0.2) is 35.4 Å². The number of carbonyl (C=O) groups excluding carboxylic acids is 1. The number of amides is 1. The van der Waals surface area contributed by atoms with E-state index in [-0.39, 0.29) is 24.4 Å². The topological polar surface area (TPSA) is 72.8 Å². The first-order valence-corrected chi connectivity index (χ1v) is 10.3. The Kier molecular flexibility index (Phi) is 5.95. The van der Waals surface area contributed by atoms with E-state index in [0.29, 0.717) is 17.0 Å². The summed E-state index contributed by atoms with van der Waals surface area (Å²) in [6.07, 6.45) is -0.229. The molecule has 0 radical (unpaired) electrons. The van der Waals surface area contributed by atoms with Crippen molar-refractivity contribution in [2.45, 2.75) is 31.6 Å². The molecular weight excluding hydrogens is 428 g/mol. The number of nitrogens with one attached hydrogen (secondary N) is 1. The number of oxime groups is 1. The maximum atomic E-state index is 14.6. The van der Waals surface area contributed by atoms with Gasteiger partial charge in [-0.25, -0.2) is 4.98 Å². The van der Waals surface area contributed by atoms with Crippen molar-refractivity contribution >= 4 is 22.5 Å². The molecule has 0 fully saturated rings. The summed E-state index contributed by atoms with van der Waals surface area (Å²) in [5.41, 5.74) is 2.51. The highest BCUT2D eigenvalue weighted by molar-refractivity contribution is 6.01. The number of ether oxygens (including phenoxy) is 1. The Labute approximate surface area is 189 Å². The fourth-order valence-electron chi connectivity index (χ4n) is 3.58. The van der Waals surface area contributed by atoms with Gasteiger partial charge in [0.1, 0.15) is 5.69 Å². The maximum Gasteiger partial charge on any atom is 0.335 e. The number of alkyl halides is 2. The van der Waals surface area contributed by atoms with Crippen molar-refractivity contribution in [2.24, 2.45) is 5.16 Å². The lowest BCUT2D eigenvalue weighted by molar-refractivity contribution is -0.303. The van der Waals surface area contributed by atoms with Gasteiger partial charge < -0.3 is 14.9 Å². The zero-order valence-electron chi connectivity index (χ0n) is 18.3. The standard InChI is InChI=1S/C25H23F2N3O3/c1-16(2)25(26,27)24(32-3)14-22(30-33-24)19-10-8-17(9-11-19)15-28-23(31)21-13-12-18-6-4-5-7-20(18)29-21/h4-13H,1,14-15H2,2-3H3,(H,28,31). The minimum atomic E-state index is -3.41. The molecule has 1 aliphatic rings. The second-order valence-electron chi connectivity index (χ2n) is 7.89. The highest BCUT2D eigenvalue weighted by Crippen LogP contribution is 2.44. The third-order valence-corrected chi connectivity index (χ3v) is 5.62. The van der Waals surface area contributed by atoms with Gasteiger partial charge in [0.25, 0.3) is 5.91 Å². The van der Waals surface area contributed by atoms with Crippen LogP contribution in [0.2, 0.25) is 0 Å². The summed E-state index contributed by atoms with van der Waals surface area (Å²) in [6, 6.07) is 18.2. The molecule has 2 aromatic carbocycles. The zero-order chi connectivity index (χ0) is 23.6. The van der Waals surface area contributed by atoms with Crippen LogP contribution in [-0.2, 0) is 16.1 Å². The van der Waals surface area contributed by atoms with Gasteiger partial charge in [-0.1, -0.05) is 60.3 Å². The average molecular weight is 451 g/mol. The molecule has 0 spiro atoms. The molecule has 0 saturated carbocycles. The number of nitrogens with zero attached hydrogens (tertiary/aromatic N) is 2. The van der Waals surface area contributed by atoms with E-state index in [2.05, 4.69) is 22.0 Å². The normalized spacial score (nSPS) is 18.0. The number of carbonyl (C=O) groups is 1. The summed E-state index contributed by atoms with van der Waals surface area (Å²) >= 11 is 0. The van der Waals surface area contributed by atoms with Crippen molar-refractivity contribution in [3.63, 3.8) is 0 Å². The number of fused-ring (bicyclic) bond motifs is 1. The quantitative estimate of drug-likeness (QED) is 0.522. The zero-order valence-corrected chi connectivity index (χ0v) is 18.3. The van der Waals surface area contributed by atoms with Crippen molar-refractivity contribution in [3.8, 4) is 0 Å². The number of benzene rings is 2. The summed E-state index contributed by atoms with van der Waals surface area (Å²) in [4.78, 5) is 21.9. The lowest BCUT2D eigenvalue weighted by Crippen LogP contribution is -2.50. The molecule has 1 atom stereocenters. The molecule has 3 aromatic rings. The van der Waals surface area contributed by atoms with E-state index < -0.39 is 11.7 Å². The van der Waals surface area contributed by atoms with Gasteiger partial charge in [-0.3, -0.25) is 4.79 Å². The Morgan fingerprint density at radius 3 is 2.61 bits per heavy atom. The molecule has 0 bridgehead atoms. The number of methoxy groups -OCH3 is 1. The second-order valence-corrected chi connectivity index (χ2v) is 7.89. The largest absolute Gasteiger partial charge is 0.352 e. The van der Waals surface area contributed by atoms with Crippen LogP contribution in [0, 0.1) is 0 Å². The summed E-state index contributed by atoms with van der Waals surface area (Å²) < 4.78 is 34.2. The van der Waals surface area contributed by atoms with E-state index in [9.17, 15) is 13.6 Å². The average Bonchev–Trinajstić information content (AvgIpc) is 3.29. The molecule has 2 heterocycles. The lowest BCUT2D eigenvalue weighted by atomic mass is 9.94. The fraction of sp³-hybridized carbons (Fsp3) is 0.240. The molecule has 6 nitrogen and oxygen atoms in total. The predicted molar refractivity (Wildman–Crippen MR) is 121 cm³/mol. The molecular formula is C25H23F2N3O3. The molecule has 1 aromatic heterocycles. The van der Waals surface area contributed by atoms with Gasteiger partial charge in [0.2, 0.25) is 0 Å². The Hall–Kier alpha value is -3.65. The first-order chi connectivity index (χ1) is 15.8. The third kappa shape index (κ3) is 4.21. The van der Waals surface area contributed by atoms with Gasteiger partial charge in [-0.15, -0.1) is 0 Å². The maximum absolute atomic E-state index is 14.6. The van der Waals surface area contributed by atoms with Crippen LogP contribution in [0.15, 0.2) is 78.0 Å². The molecule has 1 amide bonds. The molecule has 1 unspecified atom stereocenters. The highest BCUT2D eigenvalue weighted by Gasteiger charge is 2.61. The summed E-state index contributed by atoms with van der Waals surface area (Å²) in [5, 5.41) is 7.64. The smallest absolute Gasteiger partial charge is 0.335 e. The van der Waals surface area contributed by atoms with Crippen LogP contribution in [0.3, 0.4) is 0 Å². The molecule has 170 valence electrons. The highest BCUT2D eigenvalue weighted by atomic mass is 19.3. The molecule has 0 aliphatic carbocycles. The van der Waals surface area contributed by atoms with Gasteiger partial charge in [-0.05, 0) is 35.8 Å². The van der Waals surface area contributed by atoms with Gasteiger partial charge in [0.15, 0.2) is 0 Å². The van der Waals surface area contributed by atoms with Crippen molar-refractivity contribution in [1.29, 1.82) is 0 Å². The summed E-state index contributed by atoms with van der Waals surface area (Å²) in [5.74, 6) is -5.91. The van der Waals surface area contributed by atoms with E-state index in [0.717, 1.165) is 23.6 Å². The number of pyridine rings is 1. The number of hydrogen-bond acceptors (Lipinski definition) is 5. The lowest BCUT2D eigenvalue weighted by Gasteiger charge is -2.33.